The van der Waals surface area contributed by atoms with Crippen LogP contribution in [0.25, 0.3) is 0 Å². The number of nitrogens with zero attached hydrogens (tertiary/aromatic N) is 2. The molecule has 2 aromatic carbocycles. The van der Waals surface area contributed by atoms with Gasteiger partial charge in [-0.1, -0.05) is 49.6 Å². The number of hydrogen-bond acceptors (Lipinski definition) is 4. The molecule has 0 aliphatic heterocycles. The van der Waals surface area contributed by atoms with Gasteiger partial charge in [0.25, 0.3) is 0 Å². The van der Waals surface area contributed by atoms with Crippen molar-refractivity contribution in [1.82, 2.24) is 10.2 Å². The molecule has 208 valence electrons. The summed E-state index contributed by atoms with van der Waals surface area (Å²) in [5.74, 6) is -0.292. The lowest BCUT2D eigenvalue weighted by molar-refractivity contribution is -0.141. The van der Waals surface area contributed by atoms with Gasteiger partial charge >= 0.3 is 0 Å². The number of nitrogens with one attached hydrogen (secondary N) is 1. The Morgan fingerprint density at radius 3 is 2.29 bits per heavy atom. The number of carbonyl (C=O) groups excluding carboxylic acids is 2. The second-order valence-corrected chi connectivity index (χ2v) is 12.6. The van der Waals surface area contributed by atoms with Crippen LogP contribution >= 0.6 is 0 Å². The van der Waals surface area contributed by atoms with Crippen molar-refractivity contribution in [2.45, 2.75) is 91.3 Å². The quantitative estimate of drug-likeness (QED) is 0.433. The topological polar surface area (TPSA) is 86.8 Å². The van der Waals surface area contributed by atoms with Gasteiger partial charge in [0.2, 0.25) is 21.8 Å². The van der Waals surface area contributed by atoms with Crippen LogP contribution in [0.15, 0.2) is 42.5 Å². The lowest BCUT2D eigenvalue weighted by Crippen LogP contribution is -2.50. The summed E-state index contributed by atoms with van der Waals surface area (Å²) in [6.07, 6.45) is 7.06. The molecular formula is C30H43N3O4S. The second kappa shape index (κ2) is 13.3. The Bertz CT molecular complexity index is 1220. The van der Waals surface area contributed by atoms with Crippen LogP contribution in [0.4, 0.5) is 5.69 Å². The third-order valence-corrected chi connectivity index (χ3v) is 8.85. The fourth-order valence-electron chi connectivity index (χ4n) is 5.01. The zero-order valence-corrected chi connectivity index (χ0v) is 24.3. The number of hydrogen-bond donors (Lipinski definition) is 1. The number of anilines is 1. The Morgan fingerprint density at radius 1 is 0.974 bits per heavy atom. The number of carbonyl (C=O) groups is 2. The van der Waals surface area contributed by atoms with Gasteiger partial charge in [0.1, 0.15) is 6.04 Å². The number of benzene rings is 2. The van der Waals surface area contributed by atoms with Crippen molar-refractivity contribution in [2.75, 3.05) is 17.1 Å². The molecule has 2 aromatic rings. The SMILES string of the molecule is Cc1ccc(N(CCCC(=O)N(Cc2ccccc2C)[C@H](C)C(=O)NC2CCCCC2)S(C)(=O)=O)cc1C. The monoisotopic (exact) mass is 541 g/mol. The minimum absolute atomic E-state index is 0.133. The van der Waals surface area contributed by atoms with E-state index in [4.69, 9.17) is 0 Å². The molecule has 7 nitrogen and oxygen atoms in total. The highest BCUT2D eigenvalue weighted by Gasteiger charge is 2.28. The highest BCUT2D eigenvalue weighted by Crippen LogP contribution is 2.23. The lowest BCUT2D eigenvalue weighted by atomic mass is 9.95. The zero-order valence-electron chi connectivity index (χ0n) is 23.5. The summed E-state index contributed by atoms with van der Waals surface area (Å²) in [6.45, 7) is 8.24. The van der Waals surface area contributed by atoms with Gasteiger partial charge in [0.15, 0.2) is 0 Å². The minimum atomic E-state index is -3.52. The molecule has 1 aliphatic rings. The van der Waals surface area contributed by atoms with Gasteiger partial charge in [-0.3, -0.25) is 13.9 Å². The fraction of sp³-hybridized carbons (Fsp3) is 0.533. The average molecular weight is 542 g/mol. The summed E-state index contributed by atoms with van der Waals surface area (Å²) in [4.78, 5) is 28.4. The summed E-state index contributed by atoms with van der Waals surface area (Å²) >= 11 is 0. The number of sulfonamides is 1. The Balaban J connectivity index is 1.73. The molecule has 1 fully saturated rings. The predicted molar refractivity (Wildman–Crippen MR) is 154 cm³/mol. The Hall–Kier alpha value is -2.87. The van der Waals surface area contributed by atoms with Crippen molar-refractivity contribution in [3.63, 3.8) is 0 Å². The van der Waals surface area contributed by atoms with Gasteiger partial charge < -0.3 is 10.2 Å². The molecule has 0 bridgehead atoms. The first kappa shape index (κ1) is 29.7. The Kier molecular flexibility index (Phi) is 10.4. The molecule has 38 heavy (non-hydrogen) atoms. The lowest BCUT2D eigenvalue weighted by Gasteiger charge is -2.32. The standard InChI is InChI=1S/C30H43N3O4S/c1-22-17-18-28(20-24(22)3)33(38(5,36)37)19-11-16-29(34)32(21-26-13-10-9-12-23(26)2)25(4)30(35)31-27-14-7-6-8-15-27/h9-10,12-13,17-18,20,25,27H,6-8,11,14-16,19,21H2,1-5H3,(H,31,35)/t25-/m1/s1. The highest BCUT2D eigenvalue weighted by molar-refractivity contribution is 7.92. The van der Waals surface area contributed by atoms with Crippen LogP contribution in [-0.4, -0.2) is 50.0 Å². The first-order valence-corrected chi connectivity index (χ1v) is 15.5. The van der Waals surface area contributed by atoms with Gasteiger partial charge in [-0.15, -0.1) is 0 Å². The van der Waals surface area contributed by atoms with Crippen LogP contribution in [-0.2, 0) is 26.2 Å². The summed E-state index contributed by atoms with van der Waals surface area (Å²) in [6, 6.07) is 13.0. The molecule has 0 heterocycles. The highest BCUT2D eigenvalue weighted by atomic mass is 32.2. The predicted octanol–water partition coefficient (Wildman–Crippen LogP) is 5.02. The maximum absolute atomic E-state index is 13.5. The molecule has 0 aromatic heterocycles. The summed E-state index contributed by atoms with van der Waals surface area (Å²) in [5, 5.41) is 3.16. The van der Waals surface area contributed by atoms with Gasteiger partial charge in [-0.2, -0.15) is 0 Å². The van der Waals surface area contributed by atoms with E-state index in [-0.39, 0.29) is 30.8 Å². The van der Waals surface area contributed by atoms with Gasteiger partial charge in [0, 0.05) is 25.6 Å². The molecule has 1 atom stereocenters. The maximum atomic E-state index is 13.5. The molecule has 0 saturated heterocycles. The van der Waals surface area contributed by atoms with E-state index in [9.17, 15) is 18.0 Å². The molecule has 0 radical (unpaired) electrons. The molecule has 0 spiro atoms. The van der Waals surface area contributed by atoms with Crippen LogP contribution in [0.2, 0.25) is 0 Å². The first-order valence-electron chi connectivity index (χ1n) is 13.7. The first-order chi connectivity index (χ1) is 18.0. The van der Waals surface area contributed by atoms with Crippen molar-refractivity contribution in [3.05, 3.63) is 64.7 Å². The number of amides is 2. The van der Waals surface area contributed by atoms with E-state index in [0.717, 1.165) is 47.9 Å². The maximum Gasteiger partial charge on any atom is 0.242 e. The molecule has 0 unspecified atom stereocenters. The van der Waals surface area contributed by atoms with Crippen molar-refractivity contribution in [2.24, 2.45) is 0 Å². The largest absolute Gasteiger partial charge is 0.352 e. The normalized spacial score (nSPS) is 15.1. The van der Waals surface area contributed by atoms with E-state index in [0.29, 0.717) is 18.7 Å². The third-order valence-electron chi connectivity index (χ3n) is 7.65. The summed E-state index contributed by atoms with van der Waals surface area (Å²) < 4.78 is 26.5. The molecule has 2 amide bonds. The molecule has 1 aliphatic carbocycles. The van der Waals surface area contributed by atoms with Gasteiger partial charge in [-0.25, -0.2) is 8.42 Å². The van der Waals surface area contributed by atoms with E-state index >= 15 is 0 Å². The Morgan fingerprint density at radius 2 is 1.66 bits per heavy atom. The smallest absolute Gasteiger partial charge is 0.242 e. The fourth-order valence-corrected chi connectivity index (χ4v) is 5.96. The van der Waals surface area contributed by atoms with Crippen LogP contribution in [0.3, 0.4) is 0 Å². The van der Waals surface area contributed by atoms with E-state index < -0.39 is 16.1 Å². The molecule has 1 saturated carbocycles. The van der Waals surface area contributed by atoms with Crippen molar-refractivity contribution >= 4 is 27.5 Å². The molecule has 1 N–H and O–H groups in total. The molecular weight excluding hydrogens is 498 g/mol. The van der Waals surface area contributed by atoms with Crippen molar-refractivity contribution in [1.29, 1.82) is 0 Å². The average Bonchev–Trinajstić information content (AvgIpc) is 2.87. The van der Waals surface area contributed by atoms with Crippen LogP contribution < -0.4 is 9.62 Å². The zero-order chi connectivity index (χ0) is 27.9. The van der Waals surface area contributed by atoms with Crippen molar-refractivity contribution in [3.8, 4) is 0 Å². The minimum Gasteiger partial charge on any atom is -0.352 e. The Labute approximate surface area is 228 Å². The van der Waals surface area contributed by atoms with Gasteiger partial charge in [0.05, 0.1) is 11.9 Å². The summed E-state index contributed by atoms with van der Waals surface area (Å²) in [7, 11) is -3.52. The summed E-state index contributed by atoms with van der Waals surface area (Å²) in [5.41, 5.74) is 4.74. The molecule has 3 rings (SSSR count). The van der Waals surface area contributed by atoms with Gasteiger partial charge in [-0.05, 0) is 81.3 Å². The van der Waals surface area contributed by atoms with Crippen molar-refractivity contribution < 1.29 is 18.0 Å². The van der Waals surface area contributed by atoms with Crippen LogP contribution in [0.5, 0.6) is 0 Å². The van der Waals surface area contributed by atoms with E-state index in [1.807, 2.05) is 57.2 Å². The molecule has 8 heteroatoms. The third kappa shape index (κ3) is 8.06. The van der Waals surface area contributed by atoms with Crippen LogP contribution in [0, 0.1) is 20.8 Å². The van der Waals surface area contributed by atoms with E-state index in [2.05, 4.69) is 5.32 Å². The van der Waals surface area contributed by atoms with E-state index in [1.54, 1.807) is 17.9 Å². The number of rotatable bonds is 11. The van der Waals surface area contributed by atoms with Crippen LogP contribution in [0.1, 0.15) is 74.1 Å². The number of aryl methyl sites for hydroxylation is 3. The van der Waals surface area contributed by atoms with E-state index in [1.165, 1.54) is 17.0 Å². The second-order valence-electron chi connectivity index (χ2n) is 10.7.